The molecule has 0 fully saturated rings. The zero-order chi connectivity index (χ0) is 19.2. The molecule has 0 unspecified atom stereocenters. The van der Waals surface area contributed by atoms with E-state index < -0.39 is 5.97 Å². The van der Waals surface area contributed by atoms with Crippen LogP contribution in [0.5, 0.6) is 0 Å². The van der Waals surface area contributed by atoms with Gasteiger partial charge in [0.05, 0.1) is 0 Å². The van der Waals surface area contributed by atoms with Crippen LogP contribution in [0.4, 0.5) is 5.13 Å². The molecule has 3 rings (SSSR count). The van der Waals surface area contributed by atoms with Gasteiger partial charge in [-0.2, -0.15) is 4.98 Å². The summed E-state index contributed by atoms with van der Waals surface area (Å²) in [6.45, 7) is 5.00. The van der Waals surface area contributed by atoms with Crippen LogP contribution in [0.2, 0.25) is 5.02 Å². The van der Waals surface area contributed by atoms with Crippen molar-refractivity contribution in [2.45, 2.75) is 26.9 Å². The summed E-state index contributed by atoms with van der Waals surface area (Å²) in [5, 5.41) is 10.0. The maximum Gasteiger partial charge on any atom is 0.358 e. The third kappa shape index (κ3) is 5.51. The fraction of sp³-hybridized carbons (Fsp3) is 0.333. The van der Waals surface area contributed by atoms with Crippen molar-refractivity contribution in [1.29, 1.82) is 0 Å². The van der Waals surface area contributed by atoms with Gasteiger partial charge in [0.15, 0.2) is 17.4 Å². The summed E-state index contributed by atoms with van der Waals surface area (Å²) < 4.78 is 10.3. The molecule has 0 atom stereocenters. The van der Waals surface area contributed by atoms with Gasteiger partial charge in [-0.05, 0) is 24.5 Å². The van der Waals surface area contributed by atoms with Crippen molar-refractivity contribution < 1.29 is 14.1 Å². The minimum absolute atomic E-state index is 0.125. The molecule has 142 valence electrons. The van der Waals surface area contributed by atoms with E-state index in [2.05, 4.69) is 34.3 Å². The highest BCUT2D eigenvalue weighted by Gasteiger charge is 2.15. The van der Waals surface area contributed by atoms with Crippen LogP contribution in [0.1, 0.15) is 36.6 Å². The first kappa shape index (κ1) is 19.3. The van der Waals surface area contributed by atoms with Crippen LogP contribution in [0.3, 0.4) is 0 Å². The fourth-order valence-corrected chi connectivity index (χ4v) is 3.07. The molecule has 0 aliphatic carbocycles. The lowest BCUT2D eigenvalue weighted by atomic mass is 10.1. The Bertz CT molecular complexity index is 909. The summed E-state index contributed by atoms with van der Waals surface area (Å²) in [5.41, 5.74) is 0.974. The van der Waals surface area contributed by atoms with Crippen molar-refractivity contribution in [1.82, 2.24) is 15.1 Å². The van der Waals surface area contributed by atoms with Crippen LogP contribution < -0.4 is 5.32 Å². The van der Waals surface area contributed by atoms with Gasteiger partial charge in [-0.25, -0.2) is 9.78 Å². The molecule has 7 nitrogen and oxygen atoms in total. The van der Waals surface area contributed by atoms with Crippen LogP contribution in [0.15, 0.2) is 34.2 Å². The number of ether oxygens (including phenoxy) is 1. The molecule has 0 radical (unpaired) electrons. The van der Waals surface area contributed by atoms with E-state index in [1.54, 1.807) is 23.6 Å². The molecule has 3 aromatic rings. The largest absolute Gasteiger partial charge is 0.451 e. The molecule has 0 spiro atoms. The molecule has 2 heterocycles. The van der Waals surface area contributed by atoms with Gasteiger partial charge in [0, 0.05) is 22.5 Å². The Balaban J connectivity index is 1.53. The third-order valence-corrected chi connectivity index (χ3v) is 4.62. The molecule has 1 N–H and O–H groups in total. The number of halogens is 1. The number of thiazole rings is 1. The average molecular weight is 407 g/mol. The van der Waals surface area contributed by atoms with Crippen LogP contribution in [-0.2, 0) is 11.3 Å². The molecule has 1 aromatic carbocycles. The maximum absolute atomic E-state index is 12.1. The summed E-state index contributed by atoms with van der Waals surface area (Å²) in [4.78, 5) is 20.6. The number of benzene rings is 1. The van der Waals surface area contributed by atoms with E-state index in [0.29, 0.717) is 21.9 Å². The van der Waals surface area contributed by atoms with Crippen LogP contribution >= 0.6 is 22.9 Å². The van der Waals surface area contributed by atoms with Crippen molar-refractivity contribution in [2.75, 3.05) is 11.9 Å². The predicted molar refractivity (Wildman–Crippen MR) is 104 cm³/mol. The van der Waals surface area contributed by atoms with Gasteiger partial charge in [-0.3, -0.25) is 0 Å². The molecule has 0 aliphatic rings. The van der Waals surface area contributed by atoms with Crippen LogP contribution in [0, 0.1) is 5.92 Å². The highest BCUT2D eigenvalue weighted by atomic mass is 35.5. The van der Waals surface area contributed by atoms with E-state index in [1.165, 1.54) is 11.3 Å². The Labute approximate surface area is 165 Å². The molecule has 0 amide bonds. The van der Waals surface area contributed by atoms with Gasteiger partial charge < -0.3 is 14.6 Å². The summed E-state index contributed by atoms with van der Waals surface area (Å²) in [6, 6.07) is 7.09. The first-order valence-electron chi connectivity index (χ1n) is 8.46. The zero-order valence-corrected chi connectivity index (χ0v) is 16.5. The SMILES string of the molecule is CC(C)CCNc1nc(C(=O)OCc2nc(-c3cccc(Cl)c3)no2)cs1. The molecule has 27 heavy (non-hydrogen) atoms. The molecule has 0 aliphatic heterocycles. The van der Waals surface area contributed by atoms with E-state index in [-0.39, 0.29) is 18.2 Å². The van der Waals surface area contributed by atoms with Crippen molar-refractivity contribution in [3.63, 3.8) is 0 Å². The summed E-state index contributed by atoms with van der Waals surface area (Å²) in [7, 11) is 0. The molecule has 0 saturated heterocycles. The van der Waals surface area contributed by atoms with E-state index in [0.717, 1.165) is 18.5 Å². The van der Waals surface area contributed by atoms with Crippen molar-refractivity contribution in [2.24, 2.45) is 5.92 Å². The maximum atomic E-state index is 12.1. The Morgan fingerprint density at radius 3 is 3.00 bits per heavy atom. The molecule has 0 saturated carbocycles. The number of hydrogen-bond acceptors (Lipinski definition) is 8. The van der Waals surface area contributed by atoms with Gasteiger partial charge in [0.1, 0.15) is 0 Å². The Kier molecular flexibility index (Phi) is 6.41. The standard InChI is InChI=1S/C18H19ClN4O3S/c1-11(2)6-7-20-18-21-14(10-27-18)17(24)25-9-15-22-16(23-26-15)12-4-3-5-13(19)8-12/h3-5,8,10-11H,6-7,9H2,1-2H3,(H,20,21). The normalized spacial score (nSPS) is 11.0. The van der Waals surface area contributed by atoms with E-state index in [1.807, 2.05) is 6.07 Å². The lowest BCUT2D eigenvalue weighted by molar-refractivity contribution is 0.0424. The lowest BCUT2D eigenvalue weighted by Crippen LogP contribution is -2.07. The van der Waals surface area contributed by atoms with Crippen molar-refractivity contribution in [3.05, 3.63) is 46.3 Å². The van der Waals surface area contributed by atoms with Gasteiger partial charge in [0.25, 0.3) is 5.89 Å². The summed E-state index contributed by atoms with van der Waals surface area (Å²) in [5.74, 6) is 0.649. The smallest absolute Gasteiger partial charge is 0.358 e. The number of aromatic nitrogens is 3. The topological polar surface area (TPSA) is 90.1 Å². The Morgan fingerprint density at radius 1 is 1.37 bits per heavy atom. The van der Waals surface area contributed by atoms with Gasteiger partial charge >= 0.3 is 5.97 Å². The van der Waals surface area contributed by atoms with Gasteiger partial charge in [-0.15, -0.1) is 11.3 Å². The zero-order valence-electron chi connectivity index (χ0n) is 14.9. The second kappa shape index (κ2) is 8.96. The molecule has 0 bridgehead atoms. The van der Waals surface area contributed by atoms with Crippen molar-refractivity contribution in [3.8, 4) is 11.4 Å². The highest BCUT2D eigenvalue weighted by molar-refractivity contribution is 7.13. The third-order valence-electron chi connectivity index (χ3n) is 3.59. The second-order valence-electron chi connectivity index (χ2n) is 6.25. The second-order valence-corrected chi connectivity index (χ2v) is 7.54. The number of hydrogen-bond donors (Lipinski definition) is 1. The summed E-state index contributed by atoms with van der Waals surface area (Å²) >= 11 is 7.32. The van der Waals surface area contributed by atoms with E-state index in [9.17, 15) is 4.79 Å². The van der Waals surface area contributed by atoms with E-state index >= 15 is 0 Å². The first-order chi connectivity index (χ1) is 13.0. The number of carbonyl (C=O) groups excluding carboxylic acids is 1. The minimum Gasteiger partial charge on any atom is -0.451 e. The quantitative estimate of drug-likeness (QED) is 0.544. The van der Waals surface area contributed by atoms with Crippen LogP contribution in [-0.4, -0.2) is 27.6 Å². The number of nitrogens with one attached hydrogen (secondary N) is 1. The number of carbonyl (C=O) groups is 1. The first-order valence-corrected chi connectivity index (χ1v) is 9.72. The van der Waals surface area contributed by atoms with Crippen LogP contribution in [0.25, 0.3) is 11.4 Å². The lowest BCUT2D eigenvalue weighted by Gasteiger charge is -2.04. The monoisotopic (exact) mass is 406 g/mol. The average Bonchev–Trinajstić information content (AvgIpc) is 3.29. The number of anilines is 1. The number of nitrogens with zero attached hydrogens (tertiary/aromatic N) is 3. The highest BCUT2D eigenvalue weighted by Crippen LogP contribution is 2.20. The number of rotatable bonds is 8. The fourth-order valence-electron chi connectivity index (χ4n) is 2.18. The predicted octanol–water partition coefficient (Wildman–Crippen LogP) is 4.66. The molecule has 2 aromatic heterocycles. The summed E-state index contributed by atoms with van der Waals surface area (Å²) in [6.07, 6.45) is 1.03. The number of esters is 1. The Morgan fingerprint density at radius 2 is 2.22 bits per heavy atom. The van der Waals surface area contributed by atoms with Gasteiger partial charge in [-0.1, -0.05) is 42.7 Å². The van der Waals surface area contributed by atoms with E-state index in [4.69, 9.17) is 20.9 Å². The van der Waals surface area contributed by atoms with Gasteiger partial charge in [0.2, 0.25) is 5.82 Å². The Hall–Kier alpha value is -2.45. The molecular weight excluding hydrogens is 388 g/mol. The minimum atomic E-state index is -0.536. The molecular formula is C18H19ClN4O3S. The van der Waals surface area contributed by atoms with Crippen molar-refractivity contribution >= 4 is 34.0 Å². The molecule has 9 heteroatoms.